The van der Waals surface area contributed by atoms with Crippen LogP contribution < -0.4 is 9.80 Å². The second-order valence-electron chi connectivity index (χ2n) is 14.0. The maximum atomic E-state index is 10.6. The average molecular weight is 688 g/mol. The van der Waals surface area contributed by atoms with Gasteiger partial charge in [0.15, 0.2) is 0 Å². The van der Waals surface area contributed by atoms with Crippen molar-refractivity contribution in [1.29, 1.82) is 0 Å². The Hall–Kier alpha value is -3.62. The minimum atomic E-state index is 0.538. The quantitative estimate of drug-likeness (QED) is 0.196. The molecule has 6 rings (SSSR count). The lowest BCUT2D eigenvalue weighted by molar-refractivity contribution is -0.118. The maximum Gasteiger partial charge on any atom is 0.209 e. The van der Waals surface area contributed by atoms with Gasteiger partial charge in [0.1, 0.15) is 0 Å². The second-order valence-corrected chi connectivity index (χ2v) is 14.9. The van der Waals surface area contributed by atoms with Gasteiger partial charge < -0.3 is 24.4 Å². The predicted octanol–water partition coefficient (Wildman–Crippen LogP) is 9.45. The summed E-state index contributed by atoms with van der Waals surface area (Å²) in [5.41, 5.74) is 7.73. The first kappa shape index (κ1) is 39.8. The monoisotopic (exact) mass is 687 g/mol. The lowest BCUT2D eigenvalue weighted by atomic mass is 10.0. The molecule has 2 aromatic heterocycles. The van der Waals surface area contributed by atoms with Gasteiger partial charge in [-0.25, -0.2) is 4.98 Å². The number of morpholine rings is 1. The third kappa shape index (κ3) is 13.3. The highest BCUT2D eigenvalue weighted by molar-refractivity contribution is 7.10. The Balaban J connectivity index is 0.000000185. The van der Waals surface area contributed by atoms with E-state index < -0.39 is 0 Å². The van der Waals surface area contributed by atoms with Crippen LogP contribution in [0.3, 0.4) is 0 Å². The number of anilines is 2. The SMILES string of the molecule is CC(C)c1ccc(N2CCN(C=O)CC2)cc1.CC(C)c1ccc(N2CCOCC2)cc1.CC(C)c1cccs1.Cc1[nH]cnc1C(C)C. The Bertz CT molecular complexity index is 1430. The van der Waals surface area contributed by atoms with Gasteiger partial charge in [-0.2, -0.15) is 0 Å². The first-order valence-corrected chi connectivity index (χ1v) is 18.9. The number of nitrogens with one attached hydrogen (secondary N) is 1. The van der Waals surface area contributed by atoms with E-state index in [9.17, 15) is 4.79 Å². The summed E-state index contributed by atoms with van der Waals surface area (Å²) < 4.78 is 5.34. The van der Waals surface area contributed by atoms with Gasteiger partial charge in [-0.05, 0) is 77.4 Å². The molecule has 2 saturated heterocycles. The number of hydrogen-bond acceptors (Lipinski definition) is 6. The Labute approximate surface area is 300 Å². The summed E-state index contributed by atoms with van der Waals surface area (Å²) in [7, 11) is 0. The van der Waals surface area contributed by atoms with Gasteiger partial charge in [0.2, 0.25) is 6.41 Å². The van der Waals surface area contributed by atoms with Crippen LogP contribution in [0, 0.1) is 6.92 Å². The summed E-state index contributed by atoms with van der Waals surface area (Å²) >= 11 is 1.83. The number of piperazine rings is 1. The summed E-state index contributed by atoms with van der Waals surface area (Å²) in [6.45, 7) is 26.9. The number of carbonyl (C=O) groups is 1. The number of benzene rings is 2. The molecule has 8 heteroatoms. The Morgan fingerprint density at radius 2 is 1.20 bits per heavy atom. The van der Waals surface area contributed by atoms with E-state index in [1.54, 1.807) is 6.33 Å². The van der Waals surface area contributed by atoms with E-state index in [0.717, 1.165) is 58.9 Å². The van der Waals surface area contributed by atoms with Crippen molar-refractivity contribution in [2.75, 3.05) is 62.3 Å². The van der Waals surface area contributed by atoms with E-state index in [1.807, 2.05) is 23.2 Å². The number of aromatic nitrogens is 2. The molecule has 1 N–H and O–H groups in total. The molecule has 2 aliphatic heterocycles. The number of aromatic amines is 1. The number of H-pyrrole nitrogens is 1. The molecule has 2 aromatic carbocycles. The third-order valence-electron chi connectivity index (χ3n) is 8.85. The fourth-order valence-corrected chi connectivity index (χ4v) is 6.36. The fourth-order valence-electron chi connectivity index (χ4n) is 5.62. The van der Waals surface area contributed by atoms with Crippen molar-refractivity contribution in [1.82, 2.24) is 14.9 Å². The molecule has 2 aliphatic rings. The van der Waals surface area contributed by atoms with E-state index >= 15 is 0 Å². The number of thiophene rings is 1. The van der Waals surface area contributed by atoms with Crippen molar-refractivity contribution >= 4 is 29.1 Å². The summed E-state index contributed by atoms with van der Waals surface area (Å²) in [6.07, 6.45) is 2.68. The van der Waals surface area contributed by atoms with Crippen LogP contribution in [0.25, 0.3) is 0 Å². The Morgan fingerprint density at radius 3 is 1.53 bits per heavy atom. The zero-order valence-corrected chi connectivity index (χ0v) is 32.3. The molecular formula is C41H61N5O2S. The van der Waals surface area contributed by atoms with Crippen molar-refractivity contribution in [3.8, 4) is 0 Å². The number of hydrogen-bond donors (Lipinski definition) is 1. The Kier molecular flexibility index (Phi) is 16.9. The molecule has 7 nitrogen and oxygen atoms in total. The number of ether oxygens (including phenoxy) is 1. The topological polar surface area (TPSA) is 64.7 Å². The minimum Gasteiger partial charge on any atom is -0.378 e. The number of amides is 1. The van der Waals surface area contributed by atoms with E-state index in [1.165, 1.54) is 38.8 Å². The molecule has 0 atom stereocenters. The van der Waals surface area contributed by atoms with Crippen LogP contribution >= 0.6 is 11.3 Å². The number of rotatable bonds is 7. The van der Waals surface area contributed by atoms with Crippen LogP contribution in [0.4, 0.5) is 11.4 Å². The predicted molar refractivity (Wildman–Crippen MR) is 210 cm³/mol. The van der Waals surface area contributed by atoms with Crippen LogP contribution in [0.5, 0.6) is 0 Å². The summed E-state index contributed by atoms with van der Waals surface area (Å²) in [5, 5.41) is 2.12. The van der Waals surface area contributed by atoms with E-state index in [-0.39, 0.29) is 0 Å². The van der Waals surface area contributed by atoms with Gasteiger partial charge in [-0.3, -0.25) is 4.79 Å². The van der Waals surface area contributed by atoms with Crippen LogP contribution in [0.15, 0.2) is 72.4 Å². The first-order valence-electron chi connectivity index (χ1n) is 18.0. The first-order chi connectivity index (χ1) is 23.5. The molecule has 268 valence electrons. The Morgan fingerprint density at radius 1 is 0.694 bits per heavy atom. The molecule has 1 amide bonds. The van der Waals surface area contributed by atoms with E-state index in [2.05, 4.69) is 141 Å². The standard InChI is InChI=1S/C14H20N2O.C13H19NO.C7H12N2.C7H10S/c1-12(2)13-3-5-14(6-4-13)16-9-7-15(11-17)8-10-16;1-11(2)12-3-5-13(6-4-12)14-7-9-15-10-8-14;1-5(2)7-6(3)8-4-9-7;1-6(2)7-4-3-5-8-7/h3-6,11-12H,7-10H2,1-2H3;3-6,11H,7-10H2,1-2H3;4-5H,1-3H3,(H,8,9);3-6H,1-2H3. The highest BCUT2D eigenvalue weighted by atomic mass is 32.1. The third-order valence-corrected chi connectivity index (χ3v) is 10.0. The zero-order chi connectivity index (χ0) is 35.8. The molecule has 0 unspecified atom stereocenters. The molecule has 0 radical (unpaired) electrons. The normalized spacial score (nSPS) is 14.6. The largest absolute Gasteiger partial charge is 0.378 e. The molecule has 49 heavy (non-hydrogen) atoms. The van der Waals surface area contributed by atoms with Crippen molar-refractivity contribution in [3.05, 3.63) is 99.8 Å². The van der Waals surface area contributed by atoms with E-state index in [4.69, 9.17) is 4.74 Å². The average Bonchev–Trinajstić information content (AvgIpc) is 3.83. The number of nitrogens with zero attached hydrogens (tertiary/aromatic N) is 4. The number of aryl methyl sites for hydroxylation is 1. The fraction of sp³-hybridized carbons (Fsp3) is 0.512. The lowest BCUT2D eigenvalue weighted by Gasteiger charge is -2.34. The number of carbonyl (C=O) groups excluding carboxylic acids is 1. The summed E-state index contributed by atoms with van der Waals surface area (Å²) in [5.74, 6) is 2.44. The lowest BCUT2D eigenvalue weighted by Crippen LogP contribution is -2.45. The molecular weight excluding hydrogens is 627 g/mol. The van der Waals surface area contributed by atoms with Crippen LogP contribution in [-0.4, -0.2) is 73.8 Å². The molecule has 4 heterocycles. The van der Waals surface area contributed by atoms with Crippen molar-refractivity contribution in [2.45, 2.75) is 86.0 Å². The van der Waals surface area contributed by atoms with Crippen molar-refractivity contribution < 1.29 is 9.53 Å². The number of imidazole rings is 1. The molecule has 0 bridgehead atoms. The van der Waals surface area contributed by atoms with Gasteiger partial charge in [-0.1, -0.05) is 85.7 Å². The van der Waals surface area contributed by atoms with Gasteiger partial charge >= 0.3 is 0 Å². The minimum absolute atomic E-state index is 0.538. The molecule has 0 spiro atoms. The van der Waals surface area contributed by atoms with Gasteiger partial charge in [0, 0.05) is 61.2 Å². The molecule has 2 fully saturated rings. The summed E-state index contributed by atoms with van der Waals surface area (Å²) in [4.78, 5) is 25.9. The molecule has 4 aromatic rings. The smallest absolute Gasteiger partial charge is 0.209 e. The van der Waals surface area contributed by atoms with Crippen LogP contribution in [0.2, 0.25) is 0 Å². The summed E-state index contributed by atoms with van der Waals surface area (Å²) in [6, 6.07) is 22.0. The highest BCUT2D eigenvalue weighted by Crippen LogP contribution is 2.22. The zero-order valence-electron chi connectivity index (χ0n) is 31.5. The van der Waals surface area contributed by atoms with Gasteiger partial charge in [0.05, 0.1) is 25.2 Å². The second kappa shape index (κ2) is 20.8. The van der Waals surface area contributed by atoms with Crippen molar-refractivity contribution in [3.63, 3.8) is 0 Å². The maximum absolute atomic E-state index is 10.6. The van der Waals surface area contributed by atoms with Crippen molar-refractivity contribution in [2.24, 2.45) is 0 Å². The molecule has 0 saturated carbocycles. The van der Waals surface area contributed by atoms with E-state index in [0.29, 0.717) is 23.7 Å². The highest BCUT2D eigenvalue weighted by Gasteiger charge is 2.16. The van der Waals surface area contributed by atoms with Gasteiger partial charge in [0.25, 0.3) is 0 Å². The van der Waals surface area contributed by atoms with Crippen LogP contribution in [-0.2, 0) is 9.53 Å². The van der Waals surface area contributed by atoms with Crippen LogP contribution in [0.1, 0.15) is 106 Å². The van der Waals surface area contributed by atoms with Gasteiger partial charge in [-0.15, -0.1) is 11.3 Å². The molecule has 0 aliphatic carbocycles.